The fourth-order valence-electron chi connectivity index (χ4n) is 3.13. The molecule has 0 aliphatic heterocycles. The molecule has 2 aromatic rings. The van der Waals surface area contributed by atoms with Crippen LogP contribution in [0.4, 0.5) is 0 Å². The van der Waals surface area contributed by atoms with Gasteiger partial charge in [-0.3, -0.25) is 0 Å². The molecule has 0 fully saturated rings. The third-order valence-corrected chi connectivity index (χ3v) is 5.09. The molecule has 0 unspecified atom stereocenters. The van der Waals surface area contributed by atoms with Gasteiger partial charge in [0.05, 0.1) is 6.54 Å². The second-order valence-electron chi connectivity index (χ2n) is 6.90. The molecule has 0 radical (unpaired) electrons. The smallest absolute Gasteiger partial charge is 0.150 e. The molecule has 0 saturated heterocycles. The largest absolute Gasteiger partial charge is 0.229 e. The van der Waals surface area contributed by atoms with Crippen molar-refractivity contribution in [2.45, 2.75) is 84.1 Å². The van der Waals surface area contributed by atoms with Crippen molar-refractivity contribution in [3.8, 4) is 0 Å². The van der Waals surface area contributed by atoms with E-state index in [1.165, 1.54) is 63.4 Å². The molecular weight excluding hydrogens is 330 g/mol. The van der Waals surface area contributed by atoms with Crippen LogP contribution in [0.15, 0.2) is 30.3 Å². The summed E-state index contributed by atoms with van der Waals surface area (Å²) >= 11 is 6.44. The van der Waals surface area contributed by atoms with Crippen molar-refractivity contribution >= 4 is 11.6 Å². The minimum Gasteiger partial charge on any atom is -0.229 e. The maximum absolute atomic E-state index is 6.44. The van der Waals surface area contributed by atoms with Gasteiger partial charge in [-0.1, -0.05) is 112 Å². The quantitative estimate of drug-likeness (QED) is 0.384. The van der Waals surface area contributed by atoms with E-state index in [0.717, 1.165) is 18.5 Å². The zero-order valence-electron chi connectivity index (χ0n) is 15.6. The van der Waals surface area contributed by atoms with Crippen LogP contribution in [0.25, 0.3) is 0 Å². The second kappa shape index (κ2) is 12.1. The van der Waals surface area contributed by atoms with Gasteiger partial charge in [-0.25, -0.2) is 4.68 Å². The summed E-state index contributed by atoms with van der Waals surface area (Å²) in [6.07, 6.45) is 14.4. The van der Waals surface area contributed by atoms with Gasteiger partial charge in [-0.05, 0) is 18.4 Å². The second-order valence-corrected chi connectivity index (χ2v) is 7.26. The molecule has 0 spiro atoms. The van der Waals surface area contributed by atoms with Crippen LogP contribution in [0.3, 0.4) is 0 Å². The van der Waals surface area contributed by atoms with Crippen molar-refractivity contribution in [2.75, 3.05) is 0 Å². The zero-order valence-corrected chi connectivity index (χ0v) is 16.3. The Morgan fingerprint density at radius 3 is 2.08 bits per heavy atom. The van der Waals surface area contributed by atoms with Crippen LogP contribution in [-0.4, -0.2) is 15.0 Å². The maximum Gasteiger partial charge on any atom is 0.150 e. The van der Waals surface area contributed by atoms with Crippen molar-refractivity contribution in [3.05, 3.63) is 46.7 Å². The van der Waals surface area contributed by atoms with Crippen molar-refractivity contribution < 1.29 is 0 Å². The molecule has 1 aromatic heterocycles. The van der Waals surface area contributed by atoms with Crippen LogP contribution in [0, 0.1) is 0 Å². The molecule has 2 rings (SSSR count). The summed E-state index contributed by atoms with van der Waals surface area (Å²) < 4.78 is 1.79. The van der Waals surface area contributed by atoms with Gasteiger partial charge in [-0.15, -0.1) is 5.10 Å². The highest BCUT2D eigenvalue weighted by molar-refractivity contribution is 6.30. The molecule has 0 saturated carbocycles. The summed E-state index contributed by atoms with van der Waals surface area (Å²) in [6, 6.07) is 10.2. The Morgan fingerprint density at radius 1 is 0.840 bits per heavy atom. The van der Waals surface area contributed by atoms with Crippen LogP contribution in [0.2, 0.25) is 5.15 Å². The molecule has 25 heavy (non-hydrogen) atoms. The van der Waals surface area contributed by atoms with Gasteiger partial charge in [0.15, 0.2) is 5.15 Å². The molecule has 3 nitrogen and oxygen atoms in total. The van der Waals surface area contributed by atoms with Crippen molar-refractivity contribution in [3.63, 3.8) is 0 Å². The first kappa shape index (κ1) is 20.0. The van der Waals surface area contributed by atoms with E-state index in [4.69, 9.17) is 11.6 Å². The molecule has 0 atom stereocenters. The highest BCUT2D eigenvalue weighted by Crippen LogP contribution is 2.18. The van der Waals surface area contributed by atoms with E-state index in [1.807, 2.05) is 18.2 Å². The first-order valence-electron chi connectivity index (χ1n) is 9.93. The molecule has 4 heteroatoms. The van der Waals surface area contributed by atoms with Crippen molar-refractivity contribution in [2.24, 2.45) is 0 Å². The first-order valence-corrected chi connectivity index (χ1v) is 10.3. The monoisotopic (exact) mass is 361 g/mol. The number of aryl methyl sites for hydroxylation is 1. The summed E-state index contributed by atoms with van der Waals surface area (Å²) in [5.74, 6) is 0. The summed E-state index contributed by atoms with van der Waals surface area (Å²) in [6.45, 7) is 2.96. The summed E-state index contributed by atoms with van der Waals surface area (Å²) in [5, 5.41) is 9.17. The lowest BCUT2D eigenvalue weighted by Gasteiger charge is -2.03. The Morgan fingerprint density at radius 2 is 1.44 bits per heavy atom. The van der Waals surface area contributed by atoms with Crippen LogP contribution in [0.5, 0.6) is 0 Å². The van der Waals surface area contributed by atoms with E-state index in [0.29, 0.717) is 11.7 Å². The van der Waals surface area contributed by atoms with Crippen LogP contribution in [0.1, 0.15) is 82.4 Å². The molecule has 0 aliphatic rings. The standard InChI is InChI=1S/C21H32ClN3/c1-2-3-4-5-6-7-8-9-10-14-17-20-21(22)25(24-23-20)18-19-15-12-11-13-16-19/h11-13,15-16H,2-10,14,17-18H2,1H3. The van der Waals surface area contributed by atoms with Crippen molar-refractivity contribution in [1.82, 2.24) is 15.0 Å². The molecule has 0 N–H and O–H groups in total. The Hall–Kier alpha value is -1.35. The van der Waals surface area contributed by atoms with Gasteiger partial charge in [-0.2, -0.15) is 0 Å². The van der Waals surface area contributed by atoms with Gasteiger partial charge >= 0.3 is 0 Å². The number of halogens is 1. The van der Waals surface area contributed by atoms with Gasteiger partial charge in [0.1, 0.15) is 5.69 Å². The molecule has 0 bridgehead atoms. The lowest BCUT2D eigenvalue weighted by atomic mass is 10.1. The predicted molar refractivity (Wildman–Crippen MR) is 106 cm³/mol. The highest BCUT2D eigenvalue weighted by Gasteiger charge is 2.10. The van der Waals surface area contributed by atoms with Gasteiger partial charge in [0, 0.05) is 0 Å². The third-order valence-electron chi connectivity index (χ3n) is 4.68. The lowest BCUT2D eigenvalue weighted by molar-refractivity contribution is 0.555. The molecule has 1 aromatic carbocycles. The van der Waals surface area contributed by atoms with E-state index < -0.39 is 0 Å². The van der Waals surface area contributed by atoms with E-state index in [1.54, 1.807) is 4.68 Å². The SMILES string of the molecule is CCCCCCCCCCCCc1nnn(Cc2ccccc2)c1Cl. The molecule has 0 amide bonds. The lowest BCUT2D eigenvalue weighted by Crippen LogP contribution is -2.01. The summed E-state index contributed by atoms with van der Waals surface area (Å²) in [7, 11) is 0. The van der Waals surface area contributed by atoms with Crippen LogP contribution >= 0.6 is 11.6 Å². The Bertz CT molecular complexity index is 580. The number of benzene rings is 1. The normalized spacial score (nSPS) is 11.1. The predicted octanol–water partition coefficient (Wildman–Crippen LogP) is 6.44. The molecule has 138 valence electrons. The average molecular weight is 362 g/mol. The van der Waals surface area contributed by atoms with Crippen LogP contribution in [-0.2, 0) is 13.0 Å². The average Bonchev–Trinajstić information content (AvgIpc) is 2.97. The topological polar surface area (TPSA) is 30.7 Å². The number of unbranched alkanes of at least 4 members (excludes halogenated alkanes) is 9. The Labute approximate surface area is 157 Å². The van der Waals surface area contributed by atoms with Crippen LogP contribution < -0.4 is 0 Å². The number of nitrogens with zero attached hydrogens (tertiary/aromatic N) is 3. The van der Waals surface area contributed by atoms with E-state index in [9.17, 15) is 0 Å². The van der Waals surface area contributed by atoms with E-state index in [2.05, 4.69) is 29.4 Å². The Balaban J connectivity index is 1.59. The Kier molecular flexibility index (Phi) is 9.65. The third kappa shape index (κ3) is 7.60. The van der Waals surface area contributed by atoms with Gasteiger partial charge in [0.25, 0.3) is 0 Å². The zero-order chi connectivity index (χ0) is 17.7. The molecule has 1 heterocycles. The van der Waals surface area contributed by atoms with E-state index in [-0.39, 0.29) is 0 Å². The number of hydrogen-bond donors (Lipinski definition) is 0. The minimum atomic E-state index is 0.685. The van der Waals surface area contributed by atoms with Gasteiger partial charge in [0.2, 0.25) is 0 Å². The number of hydrogen-bond acceptors (Lipinski definition) is 2. The van der Waals surface area contributed by atoms with Gasteiger partial charge < -0.3 is 0 Å². The fraction of sp³-hybridized carbons (Fsp3) is 0.619. The number of aromatic nitrogens is 3. The van der Waals surface area contributed by atoms with Crippen molar-refractivity contribution in [1.29, 1.82) is 0 Å². The minimum absolute atomic E-state index is 0.685. The fourth-order valence-corrected chi connectivity index (χ4v) is 3.35. The highest BCUT2D eigenvalue weighted by atomic mass is 35.5. The number of rotatable bonds is 13. The summed E-state index contributed by atoms with van der Waals surface area (Å²) in [4.78, 5) is 0. The molecule has 0 aliphatic carbocycles. The molecular formula is C21H32ClN3. The summed E-state index contributed by atoms with van der Waals surface area (Å²) in [5.41, 5.74) is 2.14. The maximum atomic E-state index is 6.44. The van der Waals surface area contributed by atoms with E-state index >= 15 is 0 Å². The first-order chi connectivity index (χ1) is 12.3.